The van der Waals surface area contributed by atoms with Crippen LogP contribution in [0.5, 0.6) is 5.75 Å². The third-order valence-corrected chi connectivity index (χ3v) is 2.61. The van der Waals surface area contributed by atoms with Crippen molar-refractivity contribution in [1.29, 1.82) is 5.26 Å². The van der Waals surface area contributed by atoms with E-state index in [4.69, 9.17) is 10.00 Å². The fraction of sp³-hybridized carbons (Fsp3) is 0.231. The molecule has 1 heterocycles. The lowest BCUT2D eigenvalue weighted by atomic mass is 10.1. The molecule has 4 heteroatoms. The standard InChI is InChI=1S/C13H12N2O2/c1-2-15-8-6-10-11(13(15)16)4-3-5-12(10)17-9-7-14/h3-6,8H,2,9H2,1H3. The quantitative estimate of drug-likeness (QED) is 0.806. The van der Waals surface area contributed by atoms with Gasteiger partial charge in [-0.25, -0.2) is 0 Å². The molecule has 17 heavy (non-hydrogen) atoms. The molecule has 0 aliphatic heterocycles. The summed E-state index contributed by atoms with van der Waals surface area (Å²) in [5, 5.41) is 9.86. The first-order valence-corrected chi connectivity index (χ1v) is 5.40. The van der Waals surface area contributed by atoms with E-state index in [1.807, 2.05) is 19.1 Å². The molecule has 0 unspecified atom stereocenters. The highest BCUT2D eigenvalue weighted by Crippen LogP contribution is 2.22. The molecular weight excluding hydrogens is 216 g/mol. The van der Waals surface area contributed by atoms with Crippen LogP contribution in [0.2, 0.25) is 0 Å². The number of aryl methyl sites for hydroxylation is 1. The molecule has 0 atom stereocenters. The molecule has 0 aliphatic rings. The van der Waals surface area contributed by atoms with Gasteiger partial charge < -0.3 is 9.30 Å². The van der Waals surface area contributed by atoms with E-state index in [2.05, 4.69) is 0 Å². The molecule has 0 bridgehead atoms. The number of nitrogens with zero attached hydrogens (tertiary/aromatic N) is 2. The van der Waals surface area contributed by atoms with Gasteiger partial charge in [-0.1, -0.05) is 6.07 Å². The lowest BCUT2D eigenvalue weighted by molar-refractivity contribution is 0.372. The maximum atomic E-state index is 12.0. The van der Waals surface area contributed by atoms with Crippen molar-refractivity contribution in [2.75, 3.05) is 6.61 Å². The molecule has 86 valence electrons. The molecule has 4 nitrogen and oxygen atoms in total. The van der Waals surface area contributed by atoms with Gasteiger partial charge >= 0.3 is 0 Å². The average Bonchev–Trinajstić information content (AvgIpc) is 2.37. The third kappa shape index (κ3) is 2.00. The second kappa shape index (κ2) is 4.71. The molecule has 0 radical (unpaired) electrons. The minimum Gasteiger partial charge on any atom is -0.478 e. The number of aromatic nitrogens is 1. The van der Waals surface area contributed by atoms with E-state index < -0.39 is 0 Å². The Kier molecular flexibility index (Phi) is 3.10. The van der Waals surface area contributed by atoms with Gasteiger partial charge in [0.05, 0.1) is 5.39 Å². The Morgan fingerprint density at radius 2 is 2.18 bits per heavy atom. The maximum Gasteiger partial charge on any atom is 0.258 e. The lowest BCUT2D eigenvalue weighted by Gasteiger charge is -2.08. The summed E-state index contributed by atoms with van der Waals surface area (Å²) in [5.41, 5.74) is -0.0348. The molecular formula is C13H12N2O2. The molecule has 0 saturated heterocycles. The van der Waals surface area contributed by atoms with Crippen LogP contribution in [0, 0.1) is 11.3 Å². The van der Waals surface area contributed by atoms with Crippen LogP contribution in [0.4, 0.5) is 0 Å². The van der Waals surface area contributed by atoms with E-state index in [9.17, 15) is 4.79 Å². The summed E-state index contributed by atoms with van der Waals surface area (Å²) in [6.45, 7) is 2.54. The molecule has 0 saturated carbocycles. The van der Waals surface area contributed by atoms with Crippen molar-refractivity contribution >= 4 is 10.8 Å². The number of nitriles is 1. The van der Waals surface area contributed by atoms with Gasteiger partial charge in [-0.05, 0) is 25.1 Å². The first-order valence-electron chi connectivity index (χ1n) is 5.40. The molecule has 0 aliphatic carbocycles. The largest absolute Gasteiger partial charge is 0.478 e. The average molecular weight is 228 g/mol. The molecule has 2 aromatic rings. The van der Waals surface area contributed by atoms with Crippen LogP contribution in [0.25, 0.3) is 10.8 Å². The number of pyridine rings is 1. The van der Waals surface area contributed by atoms with Crippen LogP contribution >= 0.6 is 0 Å². The van der Waals surface area contributed by atoms with Crippen molar-refractivity contribution in [2.24, 2.45) is 0 Å². The summed E-state index contributed by atoms with van der Waals surface area (Å²) >= 11 is 0. The Morgan fingerprint density at radius 1 is 1.35 bits per heavy atom. The van der Waals surface area contributed by atoms with E-state index in [1.165, 1.54) is 0 Å². The van der Waals surface area contributed by atoms with E-state index in [0.29, 0.717) is 17.7 Å². The highest BCUT2D eigenvalue weighted by molar-refractivity contribution is 5.87. The van der Waals surface area contributed by atoms with Crippen molar-refractivity contribution in [3.05, 3.63) is 40.8 Å². The smallest absolute Gasteiger partial charge is 0.258 e. The summed E-state index contributed by atoms with van der Waals surface area (Å²) in [4.78, 5) is 12.0. The van der Waals surface area contributed by atoms with E-state index in [0.717, 1.165) is 5.39 Å². The van der Waals surface area contributed by atoms with E-state index in [1.54, 1.807) is 29.0 Å². The molecule has 2 rings (SSSR count). The minimum atomic E-state index is -0.0348. The van der Waals surface area contributed by atoms with E-state index >= 15 is 0 Å². The predicted molar refractivity (Wildman–Crippen MR) is 65.0 cm³/mol. The van der Waals surface area contributed by atoms with Crippen LogP contribution in [-0.4, -0.2) is 11.2 Å². The summed E-state index contributed by atoms with van der Waals surface area (Å²) in [7, 11) is 0. The zero-order chi connectivity index (χ0) is 12.3. The topological polar surface area (TPSA) is 55.0 Å². The van der Waals surface area contributed by atoms with Gasteiger partial charge in [-0.2, -0.15) is 5.26 Å². The SMILES string of the molecule is CCn1ccc2c(OCC#N)cccc2c1=O. The Bertz CT molecular complexity index is 638. The Morgan fingerprint density at radius 3 is 2.88 bits per heavy atom. The second-order valence-corrected chi connectivity index (χ2v) is 3.57. The van der Waals surface area contributed by atoms with E-state index in [-0.39, 0.29) is 12.2 Å². The zero-order valence-corrected chi connectivity index (χ0v) is 9.51. The van der Waals surface area contributed by atoms with Gasteiger partial charge in [0, 0.05) is 18.1 Å². The van der Waals surface area contributed by atoms with Gasteiger partial charge in [0.1, 0.15) is 11.8 Å². The fourth-order valence-electron chi connectivity index (χ4n) is 1.77. The molecule has 0 fully saturated rings. The molecule has 1 aromatic heterocycles. The van der Waals surface area contributed by atoms with Crippen molar-refractivity contribution in [3.8, 4) is 11.8 Å². The highest BCUT2D eigenvalue weighted by Gasteiger charge is 2.06. The summed E-state index contributed by atoms with van der Waals surface area (Å²) in [6, 6.07) is 9.04. The van der Waals surface area contributed by atoms with Crippen LogP contribution in [0.3, 0.4) is 0 Å². The Hall–Kier alpha value is -2.28. The molecule has 0 amide bonds. The monoisotopic (exact) mass is 228 g/mol. The highest BCUT2D eigenvalue weighted by atomic mass is 16.5. The van der Waals surface area contributed by atoms with Crippen molar-refractivity contribution in [1.82, 2.24) is 4.57 Å². The van der Waals surface area contributed by atoms with Crippen molar-refractivity contribution in [3.63, 3.8) is 0 Å². The van der Waals surface area contributed by atoms with Gasteiger partial charge in [-0.15, -0.1) is 0 Å². The summed E-state index contributed by atoms with van der Waals surface area (Å²) in [5.74, 6) is 0.574. The van der Waals surface area contributed by atoms with Crippen LogP contribution in [0.15, 0.2) is 35.3 Å². The first-order chi connectivity index (χ1) is 8.27. The summed E-state index contributed by atoms with van der Waals surface area (Å²) in [6.07, 6.45) is 1.74. The fourth-order valence-corrected chi connectivity index (χ4v) is 1.77. The normalized spacial score (nSPS) is 10.1. The Balaban J connectivity index is 2.63. The third-order valence-electron chi connectivity index (χ3n) is 2.61. The number of hydrogen-bond donors (Lipinski definition) is 0. The second-order valence-electron chi connectivity index (χ2n) is 3.57. The predicted octanol–water partition coefficient (Wildman–Crippen LogP) is 1.92. The maximum absolute atomic E-state index is 12.0. The lowest BCUT2D eigenvalue weighted by Crippen LogP contribution is -2.18. The number of rotatable bonds is 3. The zero-order valence-electron chi connectivity index (χ0n) is 9.51. The van der Waals surface area contributed by atoms with Crippen molar-refractivity contribution in [2.45, 2.75) is 13.5 Å². The molecule has 0 spiro atoms. The number of hydrogen-bond acceptors (Lipinski definition) is 3. The van der Waals surface area contributed by atoms with Crippen molar-refractivity contribution < 1.29 is 4.74 Å². The van der Waals surface area contributed by atoms with Gasteiger partial charge in [-0.3, -0.25) is 4.79 Å². The van der Waals surface area contributed by atoms with Crippen LogP contribution < -0.4 is 10.3 Å². The Labute approximate surface area is 98.7 Å². The first kappa shape index (κ1) is 11.2. The van der Waals surface area contributed by atoms with Crippen LogP contribution in [-0.2, 0) is 6.54 Å². The van der Waals surface area contributed by atoms with Gasteiger partial charge in [0.15, 0.2) is 6.61 Å². The molecule has 1 aromatic carbocycles. The van der Waals surface area contributed by atoms with Gasteiger partial charge in [0.2, 0.25) is 0 Å². The van der Waals surface area contributed by atoms with Gasteiger partial charge in [0.25, 0.3) is 5.56 Å². The summed E-state index contributed by atoms with van der Waals surface area (Å²) < 4.78 is 6.92. The number of fused-ring (bicyclic) bond motifs is 1. The van der Waals surface area contributed by atoms with Crippen LogP contribution in [0.1, 0.15) is 6.92 Å². The number of ether oxygens (including phenoxy) is 1. The molecule has 0 N–H and O–H groups in total. The number of benzene rings is 1. The minimum absolute atomic E-state index is 0.0179.